The third-order valence-corrected chi connectivity index (χ3v) is 14.9. The Bertz CT molecular complexity index is 1810. The van der Waals surface area contributed by atoms with Crippen LogP contribution in [0.4, 0.5) is 0 Å². The molecule has 1 aliphatic carbocycles. The van der Waals surface area contributed by atoms with Crippen LogP contribution in [0.3, 0.4) is 0 Å². The number of Topliss-reactive ketones (excluding diaryl/α,β-unsaturated/α-hetero) is 3. The highest BCUT2D eigenvalue weighted by molar-refractivity contribution is 6.39. The number of carbonyl (C=O) groups excluding carboxylic acids is 5. The van der Waals surface area contributed by atoms with Gasteiger partial charge in [-0.15, -0.1) is 0 Å². The number of aliphatic hydroxyl groups is 3. The molecule has 1 amide bonds. The first-order chi connectivity index (χ1) is 32.3. The topological polar surface area (TPSA) is 205 Å². The molecule has 0 radical (unpaired) electrons. The summed E-state index contributed by atoms with van der Waals surface area (Å²) in [5.74, 6) is -7.96. The van der Waals surface area contributed by atoms with Gasteiger partial charge in [-0.1, -0.05) is 71.1 Å². The van der Waals surface area contributed by atoms with Gasteiger partial charge in [-0.3, -0.25) is 19.2 Å². The van der Waals surface area contributed by atoms with E-state index in [1.165, 1.54) is 12.0 Å². The molecule has 2 bridgehead atoms. The highest BCUT2D eigenvalue weighted by Crippen LogP contribution is 2.38. The Kier molecular flexibility index (Phi) is 22.9. The maximum Gasteiger partial charge on any atom is 0.329 e. The van der Waals surface area contributed by atoms with Crippen molar-refractivity contribution in [2.75, 3.05) is 41.1 Å². The van der Waals surface area contributed by atoms with Crippen LogP contribution in [0.15, 0.2) is 47.6 Å². The molecular weight excluding hydrogens is 875 g/mol. The number of cyclic esters (lactones) is 1. The maximum absolute atomic E-state index is 14.5. The third kappa shape index (κ3) is 15.3. The molecule has 0 aromatic carbocycles. The molecule has 15 nitrogen and oxygen atoms in total. The molecule has 3 heterocycles. The Morgan fingerprint density at radius 3 is 2.26 bits per heavy atom. The van der Waals surface area contributed by atoms with E-state index >= 15 is 0 Å². The maximum atomic E-state index is 14.5. The van der Waals surface area contributed by atoms with Gasteiger partial charge in [0.2, 0.25) is 5.79 Å². The van der Waals surface area contributed by atoms with Gasteiger partial charge in [-0.25, -0.2) is 4.79 Å². The van der Waals surface area contributed by atoms with Crippen LogP contribution in [0, 0.1) is 35.5 Å². The number of allylic oxidation sites excluding steroid dienone is 6. The molecule has 3 N–H and O–H groups in total. The van der Waals surface area contributed by atoms with Gasteiger partial charge >= 0.3 is 5.97 Å². The fourth-order valence-electron chi connectivity index (χ4n) is 10.5. The van der Waals surface area contributed by atoms with Crippen molar-refractivity contribution >= 4 is 29.2 Å². The number of piperidine rings is 1. The fraction of sp³-hybridized carbons (Fsp3) is 0.755. The number of rotatable bonds is 9. The van der Waals surface area contributed by atoms with E-state index in [9.17, 15) is 39.3 Å². The Hall–Kier alpha value is -3.41. The van der Waals surface area contributed by atoms with Crippen LogP contribution in [-0.4, -0.2) is 145 Å². The molecule has 0 aromatic rings. The first-order valence-corrected chi connectivity index (χ1v) is 25.0. The zero-order chi connectivity index (χ0) is 50.3. The molecule has 1 unspecified atom stereocenters. The predicted molar refractivity (Wildman–Crippen MR) is 256 cm³/mol. The molecule has 3 aliphatic heterocycles. The van der Waals surface area contributed by atoms with Gasteiger partial charge in [0.25, 0.3) is 11.7 Å². The predicted octanol–water partition coefficient (Wildman–Crippen LogP) is 6.20. The molecule has 4 rings (SSSR count). The standard InChI is InChI=1S/C53H83NO14/c1-32-16-12-11-13-17-33(2)44(63-8)30-40-21-19-38(7)53(62,68-40)50(59)51(60)54-23-15-14-18-41(54)52(61)67-45(35(4)28-39-20-22-43(66-25-24-55)46(29-39)64-9)31-42(56)34(3)27-37(6)48(58)49(65-10)47(57)36(5)26-32/h11-13,16-17,27,32,34-36,38-41,43-46,48-49,55,58,62H,14-15,18-26,28-31H2,1-10H3/b13-11?,16-12+,33-17?,37-27+/t32-,34-,35-,36-,38-,39?,40+,41+,43-,44+,45+,46-,48-,49+,53-/m1/s1. The Labute approximate surface area is 405 Å². The van der Waals surface area contributed by atoms with Crippen molar-refractivity contribution in [3.63, 3.8) is 0 Å². The van der Waals surface area contributed by atoms with Crippen LogP contribution in [0.1, 0.15) is 126 Å². The van der Waals surface area contributed by atoms with E-state index in [0.717, 1.165) is 12.0 Å². The van der Waals surface area contributed by atoms with Gasteiger partial charge in [0.05, 0.1) is 37.6 Å². The van der Waals surface area contributed by atoms with Crippen LogP contribution in [0.5, 0.6) is 0 Å². The third-order valence-electron chi connectivity index (χ3n) is 14.9. The summed E-state index contributed by atoms with van der Waals surface area (Å²) in [5, 5.41) is 32.8. The highest BCUT2D eigenvalue weighted by atomic mass is 16.6. The van der Waals surface area contributed by atoms with Crippen LogP contribution in [-0.2, 0) is 52.4 Å². The van der Waals surface area contributed by atoms with Crippen LogP contribution >= 0.6 is 0 Å². The van der Waals surface area contributed by atoms with Gasteiger partial charge in [0.1, 0.15) is 30.1 Å². The summed E-state index contributed by atoms with van der Waals surface area (Å²) in [6.07, 6.45) is 12.0. The molecule has 68 heavy (non-hydrogen) atoms. The number of carbonyl (C=O) groups is 5. The lowest BCUT2D eigenvalue weighted by Gasteiger charge is -2.42. The zero-order valence-electron chi connectivity index (χ0n) is 42.4. The Balaban J connectivity index is 1.70. The minimum absolute atomic E-state index is 0.0158. The average Bonchev–Trinajstić information content (AvgIpc) is 3.32. The summed E-state index contributed by atoms with van der Waals surface area (Å²) in [5.41, 5.74) is 1.26. The normalized spacial score (nSPS) is 37.9. The summed E-state index contributed by atoms with van der Waals surface area (Å²) in [7, 11) is 4.58. The minimum Gasteiger partial charge on any atom is -0.460 e. The van der Waals surface area contributed by atoms with Crippen molar-refractivity contribution in [2.45, 2.75) is 180 Å². The lowest BCUT2D eigenvalue weighted by molar-refractivity contribution is -0.265. The van der Waals surface area contributed by atoms with Crippen LogP contribution < -0.4 is 0 Å². The summed E-state index contributed by atoms with van der Waals surface area (Å²) in [6, 6.07) is -1.14. The highest BCUT2D eigenvalue weighted by Gasteiger charge is 2.53. The number of nitrogens with zero attached hydrogens (tertiary/aromatic N) is 1. The number of ketones is 3. The molecule has 4 aliphatic rings. The second-order valence-electron chi connectivity index (χ2n) is 20.2. The number of hydrogen-bond acceptors (Lipinski definition) is 14. The smallest absolute Gasteiger partial charge is 0.329 e. The number of aliphatic hydroxyl groups excluding tert-OH is 2. The molecule has 0 spiro atoms. The van der Waals surface area contributed by atoms with E-state index in [2.05, 4.69) is 0 Å². The number of fused-ring (bicyclic) bond motifs is 3. The van der Waals surface area contributed by atoms with E-state index in [0.29, 0.717) is 63.4 Å². The summed E-state index contributed by atoms with van der Waals surface area (Å²) in [4.78, 5) is 72.1. The molecule has 1 saturated carbocycles. The SMILES string of the molecule is CO[C@H]1C[C@@H]2CC[C@@H](C)[C@@](O)(O2)C(=O)C(=O)N2CCCC[C@H]2C(=O)O[C@H]([C@H](C)CC2CC[C@@H](OCCO)[C@H](OC)C2)CC(=O)[C@H](C)/C=C(\C)[C@@H](O)[C@@H](OC)C(=O)[C@H](C)C[C@H](C)/C=C/C=CC=C1C. The van der Waals surface area contributed by atoms with E-state index < -0.39 is 77.8 Å². The Morgan fingerprint density at radius 1 is 0.853 bits per heavy atom. The first kappa shape index (κ1) is 57.2. The summed E-state index contributed by atoms with van der Waals surface area (Å²) >= 11 is 0. The van der Waals surface area contributed by atoms with Crippen molar-refractivity contribution < 1.29 is 67.7 Å². The van der Waals surface area contributed by atoms with Crippen molar-refractivity contribution in [1.29, 1.82) is 0 Å². The molecule has 15 atom stereocenters. The molecule has 3 fully saturated rings. The fourth-order valence-corrected chi connectivity index (χ4v) is 10.5. The van der Waals surface area contributed by atoms with Gasteiger partial charge in [-0.2, -0.15) is 0 Å². The quantitative estimate of drug-likeness (QED) is 0.134. The number of hydrogen-bond donors (Lipinski definition) is 3. The van der Waals surface area contributed by atoms with Crippen LogP contribution in [0.2, 0.25) is 0 Å². The van der Waals surface area contributed by atoms with E-state index in [1.807, 2.05) is 58.1 Å². The van der Waals surface area contributed by atoms with Gasteiger partial charge < -0.3 is 48.6 Å². The summed E-state index contributed by atoms with van der Waals surface area (Å²) in [6.45, 7) is 12.9. The van der Waals surface area contributed by atoms with E-state index in [-0.39, 0.29) is 74.1 Å². The van der Waals surface area contributed by atoms with E-state index in [1.54, 1.807) is 41.1 Å². The average molecular weight is 958 g/mol. The minimum atomic E-state index is -2.43. The largest absolute Gasteiger partial charge is 0.460 e. The first-order valence-electron chi connectivity index (χ1n) is 25.0. The second-order valence-corrected chi connectivity index (χ2v) is 20.2. The van der Waals surface area contributed by atoms with Gasteiger partial charge in [-0.05, 0) is 107 Å². The number of ether oxygens (including phenoxy) is 6. The monoisotopic (exact) mass is 958 g/mol. The van der Waals surface area contributed by atoms with Gasteiger partial charge in [0.15, 0.2) is 5.78 Å². The van der Waals surface area contributed by atoms with Crippen molar-refractivity contribution in [3.8, 4) is 0 Å². The molecular formula is C53H83NO14. The lowest BCUT2D eigenvalue weighted by Crippen LogP contribution is -2.61. The van der Waals surface area contributed by atoms with Crippen molar-refractivity contribution in [1.82, 2.24) is 4.90 Å². The molecule has 0 aromatic heterocycles. The zero-order valence-corrected chi connectivity index (χ0v) is 42.4. The van der Waals surface area contributed by atoms with Crippen molar-refractivity contribution in [3.05, 3.63) is 47.6 Å². The number of esters is 1. The lowest BCUT2D eigenvalue weighted by atomic mass is 9.78. The molecule has 2 saturated heterocycles. The second kappa shape index (κ2) is 27.3. The van der Waals surface area contributed by atoms with Crippen molar-refractivity contribution in [2.24, 2.45) is 35.5 Å². The number of amides is 1. The Morgan fingerprint density at radius 2 is 1.59 bits per heavy atom. The molecule has 384 valence electrons. The number of methoxy groups -OCH3 is 3. The van der Waals surface area contributed by atoms with Gasteiger partial charge in [0, 0.05) is 58.5 Å². The molecule has 15 heteroatoms. The van der Waals surface area contributed by atoms with E-state index in [4.69, 9.17) is 28.4 Å². The van der Waals surface area contributed by atoms with Crippen LogP contribution in [0.25, 0.3) is 0 Å². The summed E-state index contributed by atoms with van der Waals surface area (Å²) < 4.78 is 35.6.